The molecule has 2 aromatic rings. The quantitative estimate of drug-likeness (QED) is 0.495. The summed E-state index contributed by atoms with van der Waals surface area (Å²) >= 11 is 5.95. The maximum atomic E-state index is 13.6. The zero-order chi connectivity index (χ0) is 25.5. The Bertz CT molecular complexity index is 1070. The molecule has 0 aromatic heterocycles. The maximum absolute atomic E-state index is 13.6. The van der Waals surface area contributed by atoms with Crippen LogP contribution < -0.4 is 9.62 Å². The summed E-state index contributed by atoms with van der Waals surface area (Å²) in [6.07, 6.45) is 2.19. The van der Waals surface area contributed by atoms with Crippen LogP contribution in [-0.2, 0) is 26.2 Å². The molecule has 0 unspecified atom stereocenters. The lowest BCUT2D eigenvalue weighted by Gasteiger charge is -2.33. The smallest absolute Gasteiger partial charge is 0.244 e. The van der Waals surface area contributed by atoms with Gasteiger partial charge in [0.25, 0.3) is 0 Å². The average Bonchev–Trinajstić information content (AvgIpc) is 2.78. The van der Waals surface area contributed by atoms with Crippen molar-refractivity contribution in [1.82, 2.24) is 10.2 Å². The van der Waals surface area contributed by atoms with Crippen LogP contribution in [0.3, 0.4) is 0 Å². The minimum Gasteiger partial charge on any atom is -0.352 e. The van der Waals surface area contributed by atoms with Crippen molar-refractivity contribution in [2.75, 3.05) is 17.1 Å². The summed E-state index contributed by atoms with van der Waals surface area (Å²) < 4.78 is 26.2. The molecule has 0 aliphatic heterocycles. The van der Waals surface area contributed by atoms with E-state index in [2.05, 4.69) is 5.32 Å². The summed E-state index contributed by atoms with van der Waals surface area (Å²) in [7, 11) is -3.77. The van der Waals surface area contributed by atoms with Gasteiger partial charge in [-0.3, -0.25) is 13.9 Å². The molecule has 0 radical (unpaired) electrons. The zero-order valence-electron chi connectivity index (χ0n) is 20.4. The number of halogens is 1. The Morgan fingerprint density at radius 2 is 1.59 bits per heavy atom. The molecule has 1 N–H and O–H groups in total. The van der Waals surface area contributed by atoms with Gasteiger partial charge in [0.15, 0.2) is 0 Å². The van der Waals surface area contributed by atoms with Gasteiger partial charge in [-0.1, -0.05) is 55.3 Å². The van der Waals surface area contributed by atoms with Crippen molar-refractivity contribution in [2.45, 2.75) is 59.2 Å². The first-order valence-corrected chi connectivity index (χ1v) is 13.6. The molecule has 2 atom stereocenters. The third kappa shape index (κ3) is 7.74. The van der Waals surface area contributed by atoms with E-state index >= 15 is 0 Å². The Kier molecular flexibility index (Phi) is 9.94. The van der Waals surface area contributed by atoms with E-state index in [1.807, 2.05) is 52.0 Å². The van der Waals surface area contributed by atoms with Crippen LogP contribution in [0.2, 0.25) is 5.02 Å². The fraction of sp³-hybridized carbons (Fsp3) is 0.440. The van der Waals surface area contributed by atoms with Crippen LogP contribution in [0.15, 0.2) is 48.5 Å². The largest absolute Gasteiger partial charge is 0.352 e. The molecule has 0 saturated heterocycles. The van der Waals surface area contributed by atoms with Crippen molar-refractivity contribution in [2.24, 2.45) is 0 Å². The van der Waals surface area contributed by atoms with Gasteiger partial charge < -0.3 is 10.2 Å². The lowest BCUT2D eigenvalue weighted by Crippen LogP contribution is -2.53. The van der Waals surface area contributed by atoms with Crippen molar-refractivity contribution in [3.63, 3.8) is 0 Å². The van der Waals surface area contributed by atoms with Gasteiger partial charge in [-0.05, 0) is 56.5 Å². The van der Waals surface area contributed by atoms with E-state index in [4.69, 9.17) is 11.6 Å². The van der Waals surface area contributed by atoms with Crippen molar-refractivity contribution < 1.29 is 18.0 Å². The first kappa shape index (κ1) is 27.7. The Labute approximate surface area is 208 Å². The lowest BCUT2D eigenvalue weighted by molar-refractivity contribution is -0.140. The normalized spacial score (nSPS) is 13.1. The molecule has 0 fully saturated rings. The Morgan fingerprint density at radius 3 is 2.09 bits per heavy atom. The molecule has 7 nitrogen and oxygen atoms in total. The zero-order valence-corrected chi connectivity index (χ0v) is 22.0. The molecule has 0 saturated carbocycles. The fourth-order valence-corrected chi connectivity index (χ4v) is 4.45. The number of nitrogens with one attached hydrogen (secondary N) is 1. The highest BCUT2D eigenvalue weighted by molar-refractivity contribution is 7.92. The number of rotatable bonds is 11. The van der Waals surface area contributed by atoms with E-state index in [0.29, 0.717) is 17.1 Å². The number of anilines is 1. The highest BCUT2D eigenvalue weighted by Crippen LogP contribution is 2.22. The summed E-state index contributed by atoms with van der Waals surface area (Å²) in [5.41, 5.74) is 2.26. The highest BCUT2D eigenvalue weighted by Gasteiger charge is 2.32. The van der Waals surface area contributed by atoms with E-state index in [9.17, 15) is 18.0 Å². The number of carbonyl (C=O) groups excluding carboxylic acids is 2. The van der Waals surface area contributed by atoms with E-state index in [-0.39, 0.29) is 18.5 Å². The van der Waals surface area contributed by atoms with Gasteiger partial charge in [0.05, 0.1) is 11.9 Å². The monoisotopic (exact) mass is 507 g/mol. The lowest BCUT2D eigenvalue weighted by atomic mass is 10.1. The van der Waals surface area contributed by atoms with Gasteiger partial charge in [-0.2, -0.15) is 0 Å². The van der Waals surface area contributed by atoms with Crippen molar-refractivity contribution in [3.8, 4) is 0 Å². The summed E-state index contributed by atoms with van der Waals surface area (Å²) in [4.78, 5) is 28.1. The molecular weight excluding hydrogens is 474 g/mol. The van der Waals surface area contributed by atoms with E-state index < -0.39 is 28.5 Å². The van der Waals surface area contributed by atoms with Crippen molar-refractivity contribution in [3.05, 3.63) is 64.7 Å². The predicted octanol–water partition coefficient (Wildman–Crippen LogP) is 4.14. The van der Waals surface area contributed by atoms with E-state index in [1.165, 1.54) is 4.90 Å². The minimum absolute atomic E-state index is 0.0422. The average molecular weight is 508 g/mol. The summed E-state index contributed by atoms with van der Waals surface area (Å²) in [5, 5.41) is 3.41. The van der Waals surface area contributed by atoms with Crippen molar-refractivity contribution >= 4 is 39.1 Å². The second-order valence-corrected chi connectivity index (χ2v) is 10.8. The van der Waals surface area contributed by atoms with Gasteiger partial charge in [-0.15, -0.1) is 0 Å². The molecule has 186 valence electrons. The van der Waals surface area contributed by atoms with Crippen LogP contribution in [0.4, 0.5) is 5.69 Å². The first-order chi connectivity index (χ1) is 16.0. The third-order valence-electron chi connectivity index (χ3n) is 5.65. The van der Waals surface area contributed by atoms with Crippen LogP contribution in [-0.4, -0.2) is 50.0 Å². The molecule has 0 spiro atoms. The molecule has 2 rings (SSSR count). The van der Waals surface area contributed by atoms with Gasteiger partial charge in [-0.25, -0.2) is 8.42 Å². The fourth-order valence-electron chi connectivity index (χ4n) is 3.47. The molecule has 0 heterocycles. The van der Waals surface area contributed by atoms with Gasteiger partial charge >= 0.3 is 0 Å². The Morgan fingerprint density at radius 1 is 1.00 bits per heavy atom. The first-order valence-electron chi connectivity index (χ1n) is 11.3. The van der Waals surface area contributed by atoms with E-state index in [1.54, 1.807) is 24.3 Å². The molecular formula is C25H34ClN3O4S. The number of hydrogen-bond acceptors (Lipinski definition) is 4. The highest BCUT2D eigenvalue weighted by atomic mass is 35.5. The third-order valence-corrected chi connectivity index (χ3v) is 7.05. The number of aryl methyl sites for hydroxylation is 1. The minimum atomic E-state index is -3.77. The summed E-state index contributed by atoms with van der Waals surface area (Å²) in [6.45, 7) is 7.43. The molecule has 9 heteroatoms. The molecule has 34 heavy (non-hydrogen) atoms. The number of amides is 2. The Balaban J connectivity index is 2.41. The van der Waals surface area contributed by atoms with Crippen LogP contribution in [0.5, 0.6) is 0 Å². The van der Waals surface area contributed by atoms with Crippen LogP contribution in [0, 0.1) is 6.92 Å². The molecule has 2 aromatic carbocycles. The number of benzene rings is 2. The maximum Gasteiger partial charge on any atom is 0.244 e. The van der Waals surface area contributed by atoms with Crippen molar-refractivity contribution in [1.29, 1.82) is 0 Å². The number of hydrogen-bond donors (Lipinski definition) is 1. The molecule has 2 amide bonds. The second kappa shape index (κ2) is 12.2. The number of sulfonamides is 1. The van der Waals surface area contributed by atoms with E-state index in [0.717, 1.165) is 28.1 Å². The topological polar surface area (TPSA) is 86.8 Å². The molecule has 0 aliphatic carbocycles. The molecule has 0 bridgehead atoms. The number of carbonyl (C=O) groups is 2. The standard InChI is InChI=1S/C25H34ClN3O4S/c1-6-19(4)27-25(31)23(7-2)28(16-20-10-8-18(3)9-11-20)24(30)17-29(34(5,32)33)22-14-12-21(26)13-15-22/h8-15,19,23H,6-7,16-17H2,1-5H3,(H,27,31)/t19-,23+/m0/s1. The SMILES string of the molecule is CC[C@H](C(=O)N[C@@H](C)CC)N(Cc1ccc(C)cc1)C(=O)CN(c1ccc(Cl)cc1)S(C)(=O)=O. The van der Waals surface area contributed by atoms with Crippen LogP contribution in [0.25, 0.3) is 0 Å². The summed E-state index contributed by atoms with van der Waals surface area (Å²) in [6, 6.07) is 13.1. The van der Waals surface area contributed by atoms with Crippen LogP contribution in [0.1, 0.15) is 44.7 Å². The summed E-state index contributed by atoms with van der Waals surface area (Å²) in [5.74, 6) is -0.721. The number of nitrogens with zero attached hydrogens (tertiary/aromatic N) is 2. The van der Waals surface area contributed by atoms with Crippen LogP contribution >= 0.6 is 11.6 Å². The van der Waals surface area contributed by atoms with Gasteiger partial charge in [0.2, 0.25) is 21.8 Å². The predicted molar refractivity (Wildman–Crippen MR) is 137 cm³/mol. The Hall–Kier alpha value is -2.58. The van der Waals surface area contributed by atoms with Gasteiger partial charge in [0.1, 0.15) is 12.6 Å². The second-order valence-electron chi connectivity index (χ2n) is 8.50. The van der Waals surface area contributed by atoms with Gasteiger partial charge in [0, 0.05) is 17.6 Å². The molecule has 0 aliphatic rings.